The molecule has 18 heavy (non-hydrogen) atoms. The number of aromatic nitrogens is 1. The number of nitrogens with zero attached hydrogens (tertiary/aromatic N) is 2. The Bertz CT molecular complexity index is 405. The third-order valence-electron chi connectivity index (χ3n) is 3.58. The maximum atomic E-state index is 10.6. The lowest BCUT2D eigenvalue weighted by molar-refractivity contribution is -0.137. The van der Waals surface area contributed by atoms with Crippen LogP contribution in [0.2, 0.25) is 0 Å². The molecule has 1 aromatic rings. The van der Waals surface area contributed by atoms with Crippen molar-refractivity contribution in [1.82, 2.24) is 9.88 Å². The van der Waals surface area contributed by atoms with Crippen molar-refractivity contribution in [2.24, 2.45) is 5.92 Å². The van der Waals surface area contributed by atoms with Crippen LogP contribution in [-0.2, 0) is 11.3 Å². The molecule has 0 bridgehead atoms. The van der Waals surface area contributed by atoms with E-state index in [0.717, 1.165) is 31.7 Å². The number of aryl methyl sites for hydroxylation is 1. The van der Waals surface area contributed by atoms with E-state index >= 15 is 0 Å². The molecule has 1 aliphatic rings. The first-order valence-corrected chi connectivity index (χ1v) is 7.36. The molecule has 1 N–H and O–H groups in total. The Balaban J connectivity index is 1.83. The molecule has 1 fully saturated rings. The normalized spacial score (nSPS) is 21.1. The van der Waals surface area contributed by atoms with E-state index in [1.807, 2.05) is 5.51 Å². The summed E-state index contributed by atoms with van der Waals surface area (Å²) in [7, 11) is 0. The lowest BCUT2D eigenvalue weighted by Gasteiger charge is -2.32. The minimum Gasteiger partial charge on any atom is -0.481 e. The molecule has 0 radical (unpaired) electrons. The van der Waals surface area contributed by atoms with Gasteiger partial charge in [-0.1, -0.05) is 0 Å². The summed E-state index contributed by atoms with van der Waals surface area (Å²) in [5.74, 6) is -0.131. The Kier molecular flexibility index (Phi) is 4.72. The number of carboxylic acid groups (broad SMARTS) is 1. The van der Waals surface area contributed by atoms with E-state index in [4.69, 9.17) is 5.11 Å². The summed E-state index contributed by atoms with van der Waals surface area (Å²) >= 11 is 1.72. The molecule has 2 rings (SSSR count). The Labute approximate surface area is 112 Å². The van der Waals surface area contributed by atoms with Crippen molar-refractivity contribution in [2.75, 3.05) is 13.1 Å². The zero-order chi connectivity index (χ0) is 13.0. The van der Waals surface area contributed by atoms with Crippen LogP contribution in [0, 0.1) is 12.8 Å². The second kappa shape index (κ2) is 6.29. The fourth-order valence-corrected chi connectivity index (χ4v) is 3.36. The summed E-state index contributed by atoms with van der Waals surface area (Å²) in [5.41, 5.74) is 3.03. The molecule has 5 heteroatoms. The van der Waals surface area contributed by atoms with Crippen LogP contribution in [0.15, 0.2) is 5.51 Å². The molecule has 0 aromatic carbocycles. The van der Waals surface area contributed by atoms with E-state index < -0.39 is 5.97 Å². The van der Waals surface area contributed by atoms with Crippen molar-refractivity contribution in [3.63, 3.8) is 0 Å². The summed E-state index contributed by atoms with van der Waals surface area (Å²) in [4.78, 5) is 18.7. The minimum absolute atomic E-state index is 0.304. The smallest absolute Gasteiger partial charge is 0.303 e. The molecule has 0 aliphatic carbocycles. The van der Waals surface area contributed by atoms with E-state index in [1.54, 1.807) is 11.3 Å². The van der Waals surface area contributed by atoms with Gasteiger partial charge in [0, 0.05) is 24.4 Å². The van der Waals surface area contributed by atoms with Gasteiger partial charge in [-0.25, -0.2) is 4.98 Å². The van der Waals surface area contributed by atoms with Crippen molar-refractivity contribution in [3.8, 4) is 0 Å². The Morgan fingerprint density at radius 3 is 3.17 bits per heavy atom. The zero-order valence-corrected chi connectivity index (χ0v) is 11.6. The largest absolute Gasteiger partial charge is 0.481 e. The second-order valence-corrected chi connectivity index (χ2v) is 5.98. The number of aliphatic carboxylic acids is 1. The van der Waals surface area contributed by atoms with Gasteiger partial charge >= 0.3 is 5.97 Å². The van der Waals surface area contributed by atoms with Gasteiger partial charge in [0.15, 0.2) is 0 Å². The second-order valence-electron chi connectivity index (χ2n) is 5.04. The average Bonchev–Trinajstić information content (AvgIpc) is 2.73. The van der Waals surface area contributed by atoms with E-state index in [-0.39, 0.29) is 0 Å². The Hall–Kier alpha value is -0.940. The third-order valence-corrected chi connectivity index (χ3v) is 4.50. The molecule has 1 unspecified atom stereocenters. The highest BCUT2D eigenvalue weighted by atomic mass is 32.1. The molecule has 1 atom stereocenters. The van der Waals surface area contributed by atoms with Gasteiger partial charge in [0.1, 0.15) is 0 Å². The van der Waals surface area contributed by atoms with Crippen LogP contribution >= 0.6 is 11.3 Å². The lowest BCUT2D eigenvalue weighted by Crippen LogP contribution is -2.35. The SMILES string of the molecule is Cc1ncsc1CN1CCCC(CCC(=O)O)C1. The monoisotopic (exact) mass is 268 g/mol. The number of hydrogen-bond acceptors (Lipinski definition) is 4. The fourth-order valence-electron chi connectivity index (χ4n) is 2.54. The first-order chi connectivity index (χ1) is 8.65. The van der Waals surface area contributed by atoms with Crippen LogP contribution in [0.1, 0.15) is 36.3 Å². The van der Waals surface area contributed by atoms with Gasteiger partial charge in [-0.3, -0.25) is 9.69 Å². The summed E-state index contributed by atoms with van der Waals surface area (Å²) in [6.07, 6.45) is 3.47. The van der Waals surface area contributed by atoms with Crippen LogP contribution in [0.5, 0.6) is 0 Å². The molecular formula is C13H20N2O2S. The topological polar surface area (TPSA) is 53.4 Å². The molecule has 100 valence electrons. The third kappa shape index (κ3) is 3.78. The average molecular weight is 268 g/mol. The lowest BCUT2D eigenvalue weighted by atomic mass is 9.93. The first kappa shape index (κ1) is 13.5. The van der Waals surface area contributed by atoms with Crippen LogP contribution in [0.25, 0.3) is 0 Å². The number of piperidine rings is 1. The van der Waals surface area contributed by atoms with Gasteiger partial charge < -0.3 is 5.11 Å². The number of rotatable bonds is 5. The maximum Gasteiger partial charge on any atom is 0.303 e. The summed E-state index contributed by atoms with van der Waals surface area (Å²) in [6.45, 7) is 5.18. The standard InChI is InChI=1S/C13H20N2O2S/c1-10-12(18-9-14-10)8-15-6-2-3-11(7-15)4-5-13(16)17/h9,11H,2-8H2,1H3,(H,16,17). The van der Waals surface area contributed by atoms with E-state index in [2.05, 4.69) is 16.8 Å². The molecule has 1 saturated heterocycles. The predicted molar refractivity (Wildman–Crippen MR) is 71.7 cm³/mol. The van der Waals surface area contributed by atoms with Gasteiger partial charge in [-0.15, -0.1) is 11.3 Å². The number of carboxylic acids is 1. The van der Waals surface area contributed by atoms with E-state index in [9.17, 15) is 4.79 Å². The number of likely N-dealkylation sites (tertiary alicyclic amines) is 1. The summed E-state index contributed by atoms with van der Waals surface area (Å²) in [6, 6.07) is 0. The van der Waals surface area contributed by atoms with Crippen molar-refractivity contribution >= 4 is 17.3 Å². The minimum atomic E-state index is -0.676. The quantitative estimate of drug-likeness (QED) is 0.891. The van der Waals surface area contributed by atoms with Gasteiger partial charge in [0.2, 0.25) is 0 Å². The van der Waals surface area contributed by atoms with Gasteiger partial charge in [-0.05, 0) is 38.6 Å². The molecule has 0 amide bonds. The van der Waals surface area contributed by atoms with Crippen LogP contribution in [0.4, 0.5) is 0 Å². The van der Waals surface area contributed by atoms with Crippen molar-refractivity contribution in [2.45, 2.75) is 39.2 Å². The summed E-state index contributed by atoms with van der Waals surface area (Å²) in [5, 5.41) is 8.73. The Morgan fingerprint density at radius 1 is 1.67 bits per heavy atom. The highest BCUT2D eigenvalue weighted by Crippen LogP contribution is 2.24. The number of carbonyl (C=O) groups is 1. The molecule has 0 spiro atoms. The highest BCUT2D eigenvalue weighted by molar-refractivity contribution is 7.09. The molecule has 1 aromatic heterocycles. The van der Waals surface area contributed by atoms with Gasteiger partial charge in [-0.2, -0.15) is 0 Å². The van der Waals surface area contributed by atoms with Gasteiger partial charge in [0.05, 0.1) is 11.2 Å². The van der Waals surface area contributed by atoms with E-state index in [0.29, 0.717) is 12.3 Å². The van der Waals surface area contributed by atoms with Crippen molar-refractivity contribution < 1.29 is 9.90 Å². The van der Waals surface area contributed by atoms with E-state index in [1.165, 1.54) is 17.7 Å². The number of thiazole rings is 1. The molecule has 1 aliphatic heterocycles. The number of hydrogen-bond donors (Lipinski definition) is 1. The first-order valence-electron chi connectivity index (χ1n) is 6.48. The van der Waals surface area contributed by atoms with Crippen molar-refractivity contribution in [1.29, 1.82) is 0 Å². The van der Waals surface area contributed by atoms with Crippen LogP contribution in [-0.4, -0.2) is 34.0 Å². The van der Waals surface area contributed by atoms with Crippen LogP contribution < -0.4 is 0 Å². The van der Waals surface area contributed by atoms with Crippen LogP contribution in [0.3, 0.4) is 0 Å². The molecule has 4 nitrogen and oxygen atoms in total. The van der Waals surface area contributed by atoms with Crippen molar-refractivity contribution in [3.05, 3.63) is 16.1 Å². The highest BCUT2D eigenvalue weighted by Gasteiger charge is 2.21. The zero-order valence-electron chi connectivity index (χ0n) is 10.8. The maximum absolute atomic E-state index is 10.6. The fraction of sp³-hybridized carbons (Fsp3) is 0.692. The molecule has 2 heterocycles. The Morgan fingerprint density at radius 2 is 2.50 bits per heavy atom. The summed E-state index contributed by atoms with van der Waals surface area (Å²) < 4.78 is 0. The molecule has 0 saturated carbocycles. The molecular weight excluding hydrogens is 248 g/mol. The van der Waals surface area contributed by atoms with Gasteiger partial charge in [0.25, 0.3) is 0 Å². The predicted octanol–water partition coefficient (Wildman–Crippen LogP) is 2.53.